The van der Waals surface area contributed by atoms with Crippen LogP contribution in [-0.4, -0.2) is 9.91 Å². The van der Waals surface area contributed by atoms with Gasteiger partial charge in [0.1, 0.15) is 5.39 Å². The van der Waals surface area contributed by atoms with Crippen molar-refractivity contribution in [1.29, 1.82) is 0 Å². The summed E-state index contributed by atoms with van der Waals surface area (Å²) < 4.78 is 0. The van der Waals surface area contributed by atoms with Crippen LogP contribution in [0.15, 0.2) is 41.2 Å². The second kappa shape index (κ2) is 4.07. The van der Waals surface area contributed by atoms with Crippen molar-refractivity contribution in [2.75, 3.05) is 0 Å². The maximum absolute atomic E-state index is 12.4. The third kappa shape index (κ3) is 1.67. The van der Waals surface area contributed by atoms with Gasteiger partial charge in [0, 0.05) is 17.0 Å². The number of aromatic nitrogens is 1. The molecule has 1 aromatic heterocycles. The van der Waals surface area contributed by atoms with Crippen molar-refractivity contribution in [2.45, 2.75) is 0 Å². The van der Waals surface area contributed by atoms with Crippen molar-refractivity contribution in [3.05, 3.63) is 61.8 Å². The summed E-state index contributed by atoms with van der Waals surface area (Å²) in [5.74, 6) is 0. The van der Waals surface area contributed by atoms with Crippen molar-refractivity contribution >= 4 is 39.1 Å². The van der Waals surface area contributed by atoms with Gasteiger partial charge in [0.25, 0.3) is 5.69 Å². The van der Waals surface area contributed by atoms with Gasteiger partial charge in [0.15, 0.2) is 0 Å². The topological polar surface area (TPSA) is 76.0 Å². The highest BCUT2D eigenvalue weighted by Gasteiger charge is 2.18. The van der Waals surface area contributed by atoms with E-state index in [1.54, 1.807) is 24.3 Å². The second-order valence-corrected chi connectivity index (χ2v) is 4.48. The lowest BCUT2D eigenvalue weighted by Crippen LogP contribution is -2.07. The fourth-order valence-corrected chi connectivity index (χ4v) is 2.33. The molecule has 3 aromatic rings. The fraction of sp³-hybridized carbons (Fsp3) is 0. The van der Waals surface area contributed by atoms with Gasteiger partial charge in [0.2, 0.25) is 5.43 Å². The number of rotatable bonds is 1. The van der Waals surface area contributed by atoms with Crippen LogP contribution in [0.4, 0.5) is 5.69 Å². The van der Waals surface area contributed by atoms with Crippen LogP contribution in [0.3, 0.4) is 0 Å². The molecule has 0 saturated carbocycles. The number of hydrogen-bond acceptors (Lipinski definition) is 3. The third-order valence-corrected chi connectivity index (χ3v) is 3.30. The first kappa shape index (κ1) is 11.7. The number of nitro benzene ring substituents is 1. The Morgan fingerprint density at radius 1 is 1.16 bits per heavy atom. The maximum Gasteiger partial charge on any atom is 0.282 e. The Balaban J connectivity index is 2.65. The molecule has 1 N–H and O–H groups in total. The molecule has 0 saturated heterocycles. The Labute approximate surface area is 111 Å². The van der Waals surface area contributed by atoms with Gasteiger partial charge in [-0.05, 0) is 18.2 Å². The highest BCUT2D eigenvalue weighted by atomic mass is 35.5. The van der Waals surface area contributed by atoms with Gasteiger partial charge in [-0.1, -0.05) is 23.7 Å². The molecular formula is C13H7ClN2O3. The van der Waals surface area contributed by atoms with E-state index in [9.17, 15) is 14.9 Å². The first-order valence-electron chi connectivity index (χ1n) is 5.47. The molecule has 6 heteroatoms. The average Bonchev–Trinajstić information content (AvgIpc) is 2.40. The van der Waals surface area contributed by atoms with Crippen LogP contribution < -0.4 is 5.43 Å². The molecule has 0 radical (unpaired) electrons. The molecule has 3 rings (SSSR count). The number of nitro groups is 1. The van der Waals surface area contributed by atoms with Crippen LogP contribution >= 0.6 is 11.6 Å². The molecule has 94 valence electrons. The predicted octanol–water partition coefficient (Wildman–Crippen LogP) is 3.24. The van der Waals surface area contributed by atoms with Crippen LogP contribution in [0, 0.1) is 10.1 Å². The van der Waals surface area contributed by atoms with Crippen molar-refractivity contribution in [3.63, 3.8) is 0 Å². The Kier molecular flexibility index (Phi) is 2.50. The van der Waals surface area contributed by atoms with Crippen LogP contribution in [0.5, 0.6) is 0 Å². The smallest absolute Gasteiger partial charge is 0.282 e. The van der Waals surface area contributed by atoms with Crippen molar-refractivity contribution in [2.24, 2.45) is 0 Å². The van der Waals surface area contributed by atoms with Crippen LogP contribution in [0.25, 0.3) is 21.8 Å². The molecule has 0 aliphatic rings. The van der Waals surface area contributed by atoms with Crippen LogP contribution in [0.2, 0.25) is 5.02 Å². The van der Waals surface area contributed by atoms with E-state index in [0.717, 1.165) is 0 Å². The lowest BCUT2D eigenvalue weighted by Gasteiger charge is -2.04. The minimum atomic E-state index is -0.581. The number of nitrogens with one attached hydrogen (secondary N) is 1. The third-order valence-electron chi connectivity index (χ3n) is 2.99. The average molecular weight is 275 g/mol. The molecule has 0 fully saturated rings. The summed E-state index contributed by atoms with van der Waals surface area (Å²) in [6.45, 7) is 0. The molecule has 1 heterocycles. The van der Waals surface area contributed by atoms with Gasteiger partial charge in [-0.25, -0.2) is 0 Å². The summed E-state index contributed by atoms with van der Waals surface area (Å²) in [6.07, 6.45) is 0. The molecule has 2 aromatic carbocycles. The molecule has 0 spiro atoms. The summed E-state index contributed by atoms with van der Waals surface area (Å²) in [4.78, 5) is 25.8. The molecule has 0 aliphatic carbocycles. The SMILES string of the molecule is O=c1c2ccccc2[nH]c2c(Cl)ccc([N+](=O)[O-])c12. The highest BCUT2D eigenvalue weighted by Crippen LogP contribution is 2.29. The molecule has 5 nitrogen and oxygen atoms in total. The number of non-ortho nitro benzene ring substituents is 1. The van der Waals surface area contributed by atoms with Gasteiger partial charge >= 0.3 is 0 Å². The number of para-hydroxylation sites is 1. The van der Waals surface area contributed by atoms with E-state index in [0.29, 0.717) is 16.4 Å². The van der Waals surface area contributed by atoms with Crippen molar-refractivity contribution < 1.29 is 4.92 Å². The summed E-state index contributed by atoms with van der Waals surface area (Å²) in [5, 5.41) is 11.7. The van der Waals surface area contributed by atoms with E-state index in [1.807, 2.05) is 0 Å². The number of halogens is 1. The van der Waals surface area contributed by atoms with E-state index in [-0.39, 0.29) is 16.1 Å². The zero-order valence-corrected chi connectivity index (χ0v) is 10.3. The van der Waals surface area contributed by atoms with Gasteiger partial charge in [-0.2, -0.15) is 0 Å². The molecule has 0 atom stereocenters. The molecular weight excluding hydrogens is 268 g/mol. The Bertz CT molecular complexity index is 886. The van der Waals surface area contributed by atoms with E-state index < -0.39 is 10.4 Å². The molecule has 19 heavy (non-hydrogen) atoms. The fourth-order valence-electron chi connectivity index (χ4n) is 2.13. The lowest BCUT2D eigenvalue weighted by atomic mass is 10.1. The van der Waals surface area contributed by atoms with Crippen LogP contribution in [-0.2, 0) is 0 Å². The largest absolute Gasteiger partial charge is 0.353 e. The van der Waals surface area contributed by atoms with E-state index in [2.05, 4.69) is 4.98 Å². The maximum atomic E-state index is 12.4. The van der Waals surface area contributed by atoms with E-state index >= 15 is 0 Å². The van der Waals surface area contributed by atoms with E-state index in [4.69, 9.17) is 11.6 Å². The lowest BCUT2D eigenvalue weighted by molar-refractivity contribution is -0.383. The molecule has 0 aliphatic heterocycles. The van der Waals surface area contributed by atoms with Gasteiger partial charge in [-0.15, -0.1) is 0 Å². The Morgan fingerprint density at radius 3 is 2.63 bits per heavy atom. The Hall–Kier alpha value is -2.40. The number of aromatic amines is 1. The number of nitrogens with zero attached hydrogens (tertiary/aromatic N) is 1. The zero-order valence-electron chi connectivity index (χ0n) is 9.51. The first-order chi connectivity index (χ1) is 9.09. The van der Waals surface area contributed by atoms with Crippen molar-refractivity contribution in [3.8, 4) is 0 Å². The quantitative estimate of drug-likeness (QED) is 0.420. The minimum absolute atomic E-state index is 0.0104. The van der Waals surface area contributed by atoms with Crippen LogP contribution in [0.1, 0.15) is 0 Å². The second-order valence-electron chi connectivity index (χ2n) is 4.07. The number of benzene rings is 2. The van der Waals surface area contributed by atoms with Crippen molar-refractivity contribution in [1.82, 2.24) is 4.98 Å². The number of H-pyrrole nitrogens is 1. The normalized spacial score (nSPS) is 11.0. The summed E-state index contributed by atoms with van der Waals surface area (Å²) in [5.41, 5.74) is 0.256. The monoisotopic (exact) mass is 274 g/mol. The number of fused-ring (bicyclic) bond motifs is 2. The number of hydrogen-bond donors (Lipinski definition) is 1. The zero-order chi connectivity index (χ0) is 13.6. The summed E-state index contributed by atoms with van der Waals surface area (Å²) in [6, 6.07) is 9.49. The summed E-state index contributed by atoms with van der Waals surface area (Å²) >= 11 is 6.01. The standard InChI is InChI=1S/C13H7ClN2O3/c14-8-5-6-10(16(18)19)11-12(8)15-9-4-2-1-3-7(9)13(11)17/h1-6H,(H,15,17). The summed E-state index contributed by atoms with van der Waals surface area (Å²) in [7, 11) is 0. The highest BCUT2D eigenvalue weighted by molar-refractivity contribution is 6.35. The van der Waals surface area contributed by atoms with Gasteiger partial charge in [-0.3, -0.25) is 14.9 Å². The molecule has 0 unspecified atom stereocenters. The predicted molar refractivity (Wildman–Crippen MR) is 73.7 cm³/mol. The van der Waals surface area contributed by atoms with E-state index in [1.165, 1.54) is 12.1 Å². The molecule has 0 bridgehead atoms. The van der Waals surface area contributed by atoms with Gasteiger partial charge < -0.3 is 4.98 Å². The van der Waals surface area contributed by atoms with Gasteiger partial charge in [0.05, 0.1) is 15.5 Å². The molecule has 0 amide bonds. The Morgan fingerprint density at radius 2 is 1.89 bits per heavy atom. The number of pyridine rings is 1. The minimum Gasteiger partial charge on any atom is -0.353 e. The first-order valence-corrected chi connectivity index (χ1v) is 5.85.